The van der Waals surface area contributed by atoms with E-state index in [1.54, 1.807) is 12.1 Å². The fourth-order valence-corrected chi connectivity index (χ4v) is 2.88. The summed E-state index contributed by atoms with van der Waals surface area (Å²) in [5, 5.41) is 4.66. The van der Waals surface area contributed by atoms with Crippen LogP contribution in [0, 0.1) is 0 Å². The lowest BCUT2D eigenvalue weighted by molar-refractivity contribution is -0.148. The number of ether oxygens (including phenoxy) is 3. The van der Waals surface area contributed by atoms with Gasteiger partial charge in [-0.25, -0.2) is 4.79 Å². The maximum absolute atomic E-state index is 11.9. The first-order chi connectivity index (χ1) is 14.0. The van der Waals surface area contributed by atoms with Gasteiger partial charge in [-0.05, 0) is 25.1 Å². The first-order valence-electron chi connectivity index (χ1n) is 8.45. The second kappa shape index (κ2) is 9.82. The highest BCUT2D eigenvalue weighted by Gasteiger charge is 2.15. The molecule has 1 aromatic heterocycles. The van der Waals surface area contributed by atoms with Gasteiger partial charge in [0.2, 0.25) is 5.82 Å². The zero-order valence-corrected chi connectivity index (χ0v) is 17.4. The number of carbonyl (C=O) groups is 1. The van der Waals surface area contributed by atoms with Gasteiger partial charge in [0.25, 0.3) is 5.89 Å². The third kappa shape index (κ3) is 5.53. The Morgan fingerprint density at radius 2 is 1.79 bits per heavy atom. The summed E-state index contributed by atoms with van der Waals surface area (Å²) in [5.41, 5.74) is 0.674. The van der Waals surface area contributed by atoms with Crippen molar-refractivity contribution in [2.75, 3.05) is 13.2 Å². The van der Waals surface area contributed by atoms with Gasteiger partial charge in [0.1, 0.15) is 11.5 Å². The first kappa shape index (κ1) is 21.2. The highest BCUT2D eigenvalue weighted by molar-refractivity contribution is 6.43. The molecule has 0 aliphatic heterocycles. The summed E-state index contributed by atoms with van der Waals surface area (Å²) in [6.07, 6.45) is 0. The van der Waals surface area contributed by atoms with Gasteiger partial charge < -0.3 is 18.7 Å². The van der Waals surface area contributed by atoms with E-state index < -0.39 is 5.97 Å². The lowest BCUT2D eigenvalue weighted by Gasteiger charge is -2.08. The molecule has 0 spiro atoms. The van der Waals surface area contributed by atoms with Crippen molar-refractivity contribution in [3.8, 4) is 22.9 Å². The second-order valence-electron chi connectivity index (χ2n) is 5.59. The zero-order chi connectivity index (χ0) is 20.8. The summed E-state index contributed by atoms with van der Waals surface area (Å²) in [6.45, 7) is 1.79. The Morgan fingerprint density at radius 1 is 1.03 bits per heavy atom. The number of carbonyl (C=O) groups excluding carboxylic acids is 1. The number of benzene rings is 2. The van der Waals surface area contributed by atoms with Crippen LogP contribution in [0.3, 0.4) is 0 Å². The molecule has 10 heteroatoms. The molecule has 1 heterocycles. The first-order valence-corrected chi connectivity index (χ1v) is 9.59. The molecule has 0 aliphatic carbocycles. The molecule has 0 saturated carbocycles. The average molecular weight is 458 g/mol. The number of nitrogens with zero attached hydrogens (tertiary/aromatic N) is 2. The highest BCUT2D eigenvalue weighted by Crippen LogP contribution is 2.33. The quantitative estimate of drug-likeness (QED) is 0.339. The van der Waals surface area contributed by atoms with E-state index in [2.05, 4.69) is 10.1 Å². The standard InChI is InChI=1S/C19H15Cl3N2O5/c1-2-26-15-6-4-3-5-11(15)19-23-17(29-24-19)9-28-18(25)10-27-16-8-13(21)12(20)7-14(16)22/h3-8H,2,9-10H2,1H3. The van der Waals surface area contributed by atoms with Crippen molar-refractivity contribution in [2.45, 2.75) is 13.5 Å². The van der Waals surface area contributed by atoms with Crippen LogP contribution in [0.15, 0.2) is 40.9 Å². The molecular weight excluding hydrogens is 443 g/mol. The largest absolute Gasteiger partial charge is 0.493 e. The number of hydrogen-bond acceptors (Lipinski definition) is 7. The molecule has 0 fully saturated rings. The Morgan fingerprint density at radius 3 is 2.59 bits per heavy atom. The van der Waals surface area contributed by atoms with Crippen molar-refractivity contribution >= 4 is 40.8 Å². The number of esters is 1. The zero-order valence-electron chi connectivity index (χ0n) is 15.2. The number of halogens is 3. The van der Waals surface area contributed by atoms with Crippen molar-refractivity contribution in [1.29, 1.82) is 0 Å². The van der Waals surface area contributed by atoms with E-state index in [0.29, 0.717) is 23.7 Å². The highest BCUT2D eigenvalue weighted by atomic mass is 35.5. The minimum atomic E-state index is -0.651. The molecule has 29 heavy (non-hydrogen) atoms. The third-order valence-corrected chi connectivity index (χ3v) is 4.59. The molecule has 7 nitrogen and oxygen atoms in total. The number of hydrogen-bond donors (Lipinski definition) is 0. The molecule has 0 amide bonds. The molecule has 0 N–H and O–H groups in total. The van der Waals surface area contributed by atoms with Crippen molar-refractivity contribution in [2.24, 2.45) is 0 Å². The van der Waals surface area contributed by atoms with Crippen molar-refractivity contribution in [3.05, 3.63) is 57.4 Å². The van der Waals surface area contributed by atoms with Crippen molar-refractivity contribution in [3.63, 3.8) is 0 Å². The fraction of sp³-hybridized carbons (Fsp3) is 0.211. The van der Waals surface area contributed by atoms with E-state index in [1.165, 1.54) is 12.1 Å². The maximum Gasteiger partial charge on any atom is 0.344 e. The Balaban J connectivity index is 1.56. The molecule has 0 bridgehead atoms. The summed E-state index contributed by atoms with van der Waals surface area (Å²) < 4.78 is 21.1. The number of para-hydroxylation sites is 1. The normalized spacial score (nSPS) is 10.6. The van der Waals surface area contributed by atoms with E-state index >= 15 is 0 Å². The molecule has 152 valence electrons. The van der Waals surface area contributed by atoms with Crippen LogP contribution in [0.5, 0.6) is 11.5 Å². The lowest BCUT2D eigenvalue weighted by Crippen LogP contribution is -2.15. The summed E-state index contributed by atoms with van der Waals surface area (Å²) in [4.78, 5) is 16.1. The van der Waals surface area contributed by atoms with E-state index in [-0.39, 0.29) is 39.9 Å². The third-order valence-electron chi connectivity index (χ3n) is 3.57. The smallest absolute Gasteiger partial charge is 0.344 e. The van der Waals surface area contributed by atoms with Gasteiger partial charge >= 0.3 is 5.97 Å². The van der Waals surface area contributed by atoms with Crippen LogP contribution < -0.4 is 9.47 Å². The summed E-state index contributed by atoms with van der Waals surface area (Å²) >= 11 is 17.7. The molecule has 0 radical (unpaired) electrons. The van der Waals surface area contributed by atoms with Crippen LogP contribution in [0.1, 0.15) is 12.8 Å². The van der Waals surface area contributed by atoms with Gasteiger partial charge in [-0.3, -0.25) is 0 Å². The fourth-order valence-electron chi connectivity index (χ4n) is 2.29. The Hall–Kier alpha value is -2.48. The van der Waals surface area contributed by atoms with Gasteiger partial charge in [-0.2, -0.15) is 4.98 Å². The van der Waals surface area contributed by atoms with E-state index in [0.717, 1.165) is 0 Å². The van der Waals surface area contributed by atoms with Crippen LogP contribution in [0.2, 0.25) is 15.1 Å². The topological polar surface area (TPSA) is 83.7 Å². The molecule has 3 rings (SSSR count). The predicted molar refractivity (Wildman–Crippen MR) is 108 cm³/mol. The SMILES string of the molecule is CCOc1ccccc1-c1noc(COC(=O)COc2cc(Cl)c(Cl)cc2Cl)n1. The maximum atomic E-state index is 11.9. The van der Waals surface area contributed by atoms with Crippen LogP contribution in [0.25, 0.3) is 11.4 Å². The summed E-state index contributed by atoms with van der Waals surface area (Å²) in [5.74, 6) is 0.657. The van der Waals surface area contributed by atoms with Gasteiger partial charge in [-0.15, -0.1) is 0 Å². The number of rotatable bonds is 8. The Bertz CT molecular complexity index is 1010. The van der Waals surface area contributed by atoms with Crippen molar-refractivity contribution in [1.82, 2.24) is 10.1 Å². The molecule has 0 aliphatic rings. The Kier molecular flexibility index (Phi) is 7.19. The van der Waals surface area contributed by atoms with Crippen molar-refractivity contribution < 1.29 is 23.5 Å². The van der Waals surface area contributed by atoms with Crippen LogP contribution >= 0.6 is 34.8 Å². The lowest BCUT2D eigenvalue weighted by atomic mass is 10.2. The van der Waals surface area contributed by atoms with E-state index in [4.69, 9.17) is 53.5 Å². The van der Waals surface area contributed by atoms with Crippen LogP contribution in [0.4, 0.5) is 0 Å². The van der Waals surface area contributed by atoms with E-state index in [9.17, 15) is 4.79 Å². The van der Waals surface area contributed by atoms with Gasteiger partial charge in [-0.1, -0.05) is 52.1 Å². The van der Waals surface area contributed by atoms with Gasteiger partial charge in [0.15, 0.2) is 13.2 Å². The molecule has 0 atom stereocenters. The summed E-state index contributed by atoms with van der Waals surface area (Å²) in [7, 11) is 0. The van der Waals surface area contributed by atoms with Gasteiger partial charge in [0.05, 0.1) is 27.2 Å². The van der Waals surface area contributed by atoms with Crippen LogP contribution in [-0.2, 0) is 16.1 Å². The molecule has 0 unspecified atom stereocenters. The minimum absolute atomic E-state index is 0.132. The molecular formula is C19H15Cl3N2O5. The monoisotopic (exact) mass is 456 g/mol. The summed E-state index contributed by atoms with van der Waals surface area (Å²) in [6, 6.07) is 10.1. The van der Waals surface area contributed by atoms with E-state index in [1.807, 2.05) is 19.1 Å². The van der Waals surface area contributed by atoms with Crippen LogP contribution in [-0.4, -0.2) is 29.3 Å². The predicted octanol–water partition coefficient (Wildman–Crippen LogP) is 5.22. The second-order valence-corrected chi connectivity index (χ2v) is 6.81. The molecule has 0 saturated heterocycles. The average Bonchev–Trinajstić information content (AvgIpc) is 3.18. The van der Waals surface area contributed by atoms with Gasteiger partial charge in [0, 0.05) is 6.07 Å². The number of aromatic nitrogens is 2. The minimum Gasteiger partial charge on any atom is -0.493 e. The molecule has 3 aromatic rings. The molecule has 2 aromatic carbocycles. The Labute approximate surface area is 181 Å².